The first-order valence-electron chi connectivity index (χ1n) is 5.73. The van der Waals surface area contributed by atoms with Crippen LogP contribution in [-0.2, 0) is 23.0 Å². The van der Waals surface area contributed by atoms with E-state index in [9.17, 15) is 8.42 Å². The molecule has 2 rings (SSSR count). The molecular formula is C11H15N3O3S2. The molecule has 0 aliphatic rings. The average Bonchev–Trinajstić information content (AvgIpc) is 2.93. The third-order valence-electron chi connectivity index (χ3n) is 2.74. The molecule has 0 fully saturated rings. The molecule has 0 radical (unpaired) electrons. The molecule has 8 heteroatoms. The molecule has 0 aliphatic carbocycles. The minimum absolute atomic E-state index is 0.0449. The van der Waals surface area contributed by atoms with E-state index in [1.165, 1.54) is 17.7 Å². The van der Waals surface area contributed by atoms with Gasteiger partial charge in [0.2, 0.25) is 10.0 Å². The largest absolute Gasteiger partial charge is 0.447 e. The van der Waals surface area contributed by atoms with Crippen molar-refractivity contribution < 1.29 is 12.8 Å². The Labute approximate surface area is 115 Å². The number of nitrogens with zero attached hydrogens (tertiary/aromatic N) is 2. The fourth-order valence-corrected chi connectivity index (χ4v) is 3.42. The fourth-order valence-electron chi connectivity index (χ4n) is 1.54. The Morgan fingerprint density at radius 1 is 1.32 bits per heavy atom. The molecule has 0 saturated carbocycles. The summed E-state index contributed by atoms with van der Waals surface area (Å²) in [6, 6.07) is 0. The Kier molecular flexibility index (Phi) is 4.33. The van der Waals surface area contributed by atoms with Gasteiger partial charge in [-0.15, -0.1) is 11.3 Å². The van der Waals surface area contributed by atoms with Crippen LogP contribution in [0.15, 0.2) is 16.3 Å². The lowest BCUT2D eigenvalue weighted by atomic mass is 10.3. The molecule has 0 spiro atoms. The van der Waals surface area contributed by atoms with Crippen molar-refractivity contribution in [1.29, 1.82) is 0 Å². The van der Waals surface area contributed by atoms with Crippen molar-refractivity contribution in [3.63, 3.8) is 0 Å². The molecule has 1 N–H and O–H groups in total. The normalized spacial score (nSPS) is 11.9. The van der Waals surface area contributed by atoms with Crippen LogP contribution in [0.1, 0.15) is 22.0 Å². The first kappa shape index (κ1) is 14.2. The Bertz CT molecular complexity index is 595. The molecule has 0 amide bonds. The van der Waals surface area contributed by atoms with Crippen LogP contribution in [0.25, 0.3) is 0 Å². The van der Waals surface area contributed by atoms with E-state index in [1.54, 1.807) is 12.4 Å². The number of thiazole rings is 1. The summed E-state index contributed by atoms with van der Waals surface area (Å²) >= 11 is 1.48. The van der Waals surface area contributed by atoms with E-state index in [2.05, 4.69) is 14.7 Å². The van der Waals surface area contributed by atoms with Gasteiger partial charge in [-0.05, 0) is 20.3 Å². The highest BCUT2D eigenvalue weighted by Gasteiger charge is 2.14. The Morgan fingerprint density at radius 2 is 2.11 bits per heavy atom. The SMILES string of the molecule is Cc1ncoc1CNS(=O)(=O)CCc1scnc1C. The average molecular weight is 301 g/mol. The zero-order valence-corrected chi connectivity index (χ0v) is 12.3. The minimum Gasteiger partial charge on any atom is -0.447 e. The summed E-state index contributed by atoms with van der Waals surface area (Å²) in [7, 11) is -3.33. The summed E-state index contributed by atoms with van der Waals surface area (Å²) in [4.78, 5) is 9.00. The standard InChI is InChI=1S/C11H15N3O3S2/c1-8-10(17-6-12-8)5-14-19(15,16)4-3-11-9(2)13-7-18-11/h6-7,14H,3-5H2,1-2H3. The van der Waals surface area contributed by atoms with Gasteiger partial charge in [0.05, 0.1) is 29.2 Å². The van der Waals surface area contributed by atoms with E-state index in [0.29, 0.717) is 17.9 Å². The van der Waals surface area contributed by atoms with Crippen LogP contribution in [0, 0.1) is 13.8 Å². The summed E-state index contributed by atoms with van der Waals surface area (Å²) in [6.45, 7) is 3.79. The van der Waals surface area contributed by atoms with Crippen LogP contribution in [0.2, 0.25) is 0 Å². The van der Waals surface area contributed by atoms with Crippen molar-refractivity contribution in [3.8, 4) is 0 Å². The molecule has 2 heterocycles. The first-order valence-corrected chi connectivity index (χ1v) is 8.26. The van der Waals surface area contributed by atoms with Crippen molar-refractivity contribution in [3.05, 3.63) is 33.9 Å². The highest BCUT2D eigenvalue weighted by atomic mass is 32.2. The maximum atomic E-state index is 11.9. The lowest BCUT2D eigenvalue weighted by molar-refractivity contribution is 0.492. The smallest absolute Gasteiger partial charge is 0.212 e. The molecule has 19 heavy (non-hydrogen) atoms. The second-order valence-corrected chi connectivity index (χ2v) is 6.98. The van der Waals surface area contributed by atoms with Gasteiger partial charge in [0.1, 0.15) is 5.76 Å². The van der Waals surface area contributed by atoms with Gasteiger partial charge < -0.3 is 4.42 Å². The van der Waals surface area contributed by atoms with Gasteiger partial charge in [-0.2, -0.15) is 0 Å². The molecule has 0 bridgehead atoms. The number of oxazole rings is 1. The highest BCUT2D eigenvalue weighted by molar-refractivity contribution is 7.89. The Hall–Kier alpha value is -1.25. The number of rotatable bonds is 6. The molecule has 0 aromatic carbocycles. The lowest BCUT2D eigenvalue weighted by Gasteiger charge is -2.05. The van der Waals surface area contributed by atoms with E-state index < -0.39 is 10.0 Å². The van der Waals surface area contributed by atoms with Crippen molar-refractivity contribution >= 4 is 21.4 Å². The quantitative estimate of drug-likeness (QED) is 0.872. The fraction of sp³-hybridized carbons (Fsp3) is 0.455. The van der Waals surface area contributed by atoms with E-state index in [1.807, 2.05) is 6.92 Å². The minimum atomic E-state index is -3.33. The van der Waals surface area contributed by atoms with Gasteiger partial charge in [-0.3, -0.25) is 0 Å². The van der Waals surface area contributed by atoms with Crippen LogP contribution < -0.4 is 4.72 Å². The highest BCUT2D eigenvalue weighted by Crippen LogP contribution is 2.13. The van der Waals surface area contributed by atoms with Gasteiger partial charge in [0, 0.05) is 4.88 Å². The molecule has 104 valence electrons. The number of aromatic nitrogens is 2. The van der Waals surface area contributed by atoms with Crippen molar-refractivity contribution in [2.24, 2.45) is 0 Å². The van der Waals surface area contributed by atoms with Crippen molar-refractivity contribution in [1.82, 2.24) is 14.7 Å². The summed E-state index contributed by atoms with van der Waals surface area (Å²) in [5, 5.41) is 0. The van der Waals surface area contributed by atoms with E-state index in [4.69, 9.17) is 4.42 Å². The zero-order valence-electron chi connectivity index (χ0n) is 10.7. The summed E-state index contributed by atoms with van der Waals surface area (Å²) in [6.07, 6.45) is 1.78. The van der Waals surface area contributed by atoms with Crippen LogP contribution in [0.3, 0.4) is 0 Å². The Balaban J connectivity index is 1.89. The molecule has 0 saturated heterocycles. The topological polar surface area (TPSA) is 85.1 Å². The third kappa shape index (κ3) is 3.85. The van der Waals surface area contributed by atoms with Crippen LogP contribution in [-0.4, -0.2) is 24.1 Å². The predicted molar refractivity (Wildman–Crippen MR) is 72.4 cm³/mol. The molecule has 6 nitrogen and oxygen atoms in total. The summed E-state index contributed by atoms with van der Waals surface area (Å²) in [5.74, 6) is 0.584. The van der Waals surface area contributed by atoms with Gasteiger partial charge in [0.15, 0.2) is 6.39 Å². The summed E-state index contributed by atoms with van der Waals surface area (Å²) < 4.78 is 31.3. The van der Waals surface area contributed by atoms with Crippen LogP contribution >= 0.6 is 11.3 Å². The van der Waals surface area contributed by atoms with Gasteiger partial charge in [-0.1, -0.05) is 0 Å². The van der Waals surface area contributed by atoms with Crippen molar-refractivity contribution in [2.45, 2.75) is 26.8 Å². The van der Waals surface area contributed by atoms with Gasteiger partial charge in [-0.25, -0.2) is 23.1 Å². The molecule has 0 aliphatic heterocycles. The number of hydrogen-bond donors (Lipinski definition) is 1. The maximum absolute atomic E-state index is 11.9. The molecule has 0 atom stereocenters. The monoisotopic (exact) mass is 301 g/mol. The summed E-state index contributed by atoms with van der Waals surface area (Å²) in [5.41, 5.74) is 3.31. The lowest BCUT2D eigenvalue weighted by Crippen LogP contribution is -2.27. The number of nitrogens with one attached hydrogen (secondary N) is 1. The first-order chi connectivity index (χ1) is 8.98. The molecule has 2 aromatic rings. The van der Waals surface area contributed by atoms with E-state index in [0.717, 1.165) is 10.6 Å². The second kappa shape index (κ2) is 5.81. The number of aryl methyl sites for hydroxylation is 3. The van der Waals surface area contributed by atoms with Gasteiger partial charge in [0.25, 0.3) is 0 Å². The Morgan fingerprint density at radius 3 is 2.68 bits per heavy atom. The maximum Gasteiger partial charge on any atom is 0.212 e. The predicted octanol–water partition coefficient (Wildman–Crippen LogP) is 1.41. The van der Waals surface area contributed by atoms with Crippen molar-refractivity contribution in [2.75, 3.05) is 5.75 Å². The molecule has 2 aromatic heterocycles. The van der Waals surface area contributed by atoms with E-state index >= 15 is 0 Å². The second-order valence-electron chi connectivity index (χ2n) is 4.11. The molecular weight excluding hydrogens is 286 g/mol. The van der Waals surface area contributed by atoms with Crippen LogP contribution in [0.4, 0.5) is 0 Å². The van der Waals surface area contributed by atoms with E-state index in [-0.39, 0.29) is 12.3 Å². The number of hydrogen-bond acceptors (Lipinski definition) is 6. The number of sulfonamides is 1. The van der Waals surface area contributed by atoms with Gasteiger partial charge >= 0.3 is 0 Å². The zero-order chi connectivity index (χ0) is 13.9. The molecule has 0 unspecified atom stereocenters. The van der Waals surface area contributed by atoms with Crippen LogP contribution in [0.5, 0.6) is 0 Å². The third-order valence-corrected chi connectivity index (χ3v) is 5.06.